The normalized spacial score (nSPS) is 19.0. The molecule has 0 heterocycles. The van der Waals surface area contributed by atoms with Crippen LogP contribution < -0.4 is 10.6 Å². The van der Waals surface area contributed by atoms with Crippen molar-refractivity contribution in [2.24, 2.45) is 5.41 Å². The van der Waals surface area contributed by atoms with Crippen LogP contribution in [0.1, 0.15) is 64.5 Å². The van der Waals surface area contributed by atoms with Gasteiger partial charge in [0.15, 0.2) is 0 Å². The molecule has 1 fully saturated rings. The summed E-state index contributed by atoms with van der Waals surface area (Å²) in [6.45, 7) is 7.26. The highest BCUT2D eigenvalue weighted by atomic mass is 16.2. The zero-order chi connectivity index (χ0) is 15.3. The number of carbonyl (C=O) groups is 1. The first kappa shape index (κ1) is 16.0. The van der Waals surface area contributed by atoms with E-state index in [0.29, 0.717) is 0 Å². The number of nitrogens with one attached hydrogen (secondary N) is 2. The van der Waals surface area contributed by atoms with Gasteiger partial charge in [-0.2, -0.15) is 0 Å². The molecule has 2 N–H and O–H groups in total. The third-order valence-corrected chi connectivity index (χ3v) is 4.69. The molecule has 2 rings (SSSR count). The van der Waals surface area contributed by atoms with Crippen molar-refractivity contribution in [1.82, 2.24) is 5.32 Å². The molecule has 0 bridgehead atoms. The van der Waals surface area contributed by atoms with Crippen LogP contribution in [0.25, 0.3) is 0 Å². The van der Waals surface area contributed by atoms with Gasteiger partial charge < -0.3 is 10.6 Å². The van der Waals surface area contributed by atoms with E-state index in [2.05, 4.69) is 37.5 Å². The summed E-state index contributed by atoms with van der Waals surface area (Å²) in [5.41, 5.74) is 1.90. The summed E-state index contributed by atoms with van der Waals surface area (Å²) in [7, 11) is 0. The van der Waals surface area contributed by atoms with Crippen molar-refractivity contribution < 1.29 is 4.79 Å². The van der Waals surface area contributed by atoms with Crippen LogP contribution in [0, 0.1) is 5.41 Å². The Morgan fingerprint density at radius 3 is 2.57 bits per heavy atom. The Balaban J connectivity index is 2.13. The summed E-state index contributed by atoms with van der Waals surface area (Å²) in [4.78, 5) is 12.7. The van der Waals surface area contributed by atoms with Crippen molar-refractivity contribution >= 4 is 11.6 Å². The van der Waals surface area contributed by atoms with Gasteiger partial charge in [0.2, 0.25) is 5.91 Å². The van der Waals surface area contributed by atoms with E-state index < -0.39 is 0 Å². The van der Waals surface area contributed by atoms with Crippen LogP contribution in [0.5, 0.6) is 0 Å². The first-order valence-corrected chi connectivity index (χ1v) is 8.20. The molecular formula is C18H28N2O. The Morgan fingerprint density at radius 1 is 1.24 bits per heavy atom. The SMILES string of the molecule is CCNC(C)c1ccccc1NC(=O)C1(C)CCCCC1. The lowest BCUT2D eigenvalue weighted by molar-refractivity contribution is -0.126. The van der Waals surface area contributed by atoms with Gasteiger partial charge in [0, 0.05) is 17.1 Å². The van der Waals surface area contributed by atoms with E-state index in [0.717, 1.165) is 30.6 Å². The zero-order valence-corrected chi connectivity index (χ0v) is 13.5. The lowest BCUT2D eigenvalue weighted by Crippen LogP contribution is -2.35. The standard InChI is InChI=1S/C18H28N2O/c1-4-19-14(2)15-10-6-7-11-16(15)20-17(21)18(3)12-8-5-9-13-18/h6-7,10-11,14,19H,4-5,8-9,12-13H2,1-3H3,(H,20,21). The molecule has 1 aromatic carbocycles. The molecule has 0 spiro atoms. The van der Waals surface area contributed by atoms with Crippen LogP contribution in [0.2, 0.25) is 0 Å². The molecule has 0 aliphatic heterocycles. The van der Waals surface area contributed by atoms with E-state index in [-0.39, 0.29) is 17.4 Å². The number of hydrogen-bond donors (Lipinski definition) is 2. The second-order valence-electron chi connectivity index (χ2n) is 6.44. The van der Waals surface area contributed by atoms with Crippen molar-refractivity contribution in [1.29, 1.82) is 0 Å². The molecule has 1 saturated carbocycles. The van der Waals surface area contributed by atoms with E-state index in [9.17, 15) is 4.79 Å². The fourth-order valence-corrected chi connectivity index (χ4v) is 3.24. The van der Waals surface area contributed by atoms with Crippen LogP contribution in [0.3, 0.4) is 0 Å². The van der Waals surface area contributed by atoms with Crippen LogP contribution in [-0.2, 0) is 4.79 Å². The molecule has 1 atom stereocenters. The van der Waals surface area contributed by atoms with Gasteiger partial charge in [0.1, 0.15) is 0 Å². The number of rotatable bonds is 5. The lowest BCUT2D eigenvalue weighted by Gasteiger charge is -2.32. The van der Waals surface area contributed by atoms with Crippen molar-refractivity contribution in [3.05, 3.63) is 29.8 Å². The quantitative estimate of drug-likeness (QED) is 0.849. The molecule has 3 heteroatoms. The number of amides is 1. The van der Waals surface area contributed by atoms with Crippen LogP contribution in [0.4, 0.5) is 5.69 Å². The Morgan fingerprint density at radius 2 is 1.90 bits per heavy atom. The fraction of sp³-hybridized carbons (Fsp3) is 0.611. The zero-order valence-electron chi connectivity index (χ0n) is 13.5. The van der Waals surface area contributed by atoms with Gasteiger partial charge in [-0.05, 0) is 37.9 Å². The van der Waals surface area contributed by atoms with Gasteiger partial charge in [0.25, 0.3) is 0 Å². The van der Waals surface area contributed by atoms with Gasteiger partial charge in [0.05, 0.1) is 0 Å². The largest absolute Gasteiger partial charge is 0.325 e. The summed E-state index contributed by atoms with van der Waals surface area (Å²) in [6.07, 6.45) is 5.60. The third-order valence-electron chi connectivity index (χ3n) is 4.69. The Hall–Kier alpha value is -1.35. The first-order chi connectivity index (χ1) is 10.1. The highest BCUT2D eigenvalue weighted by Crippen LogP contribution is 2.37. The molecule has 1 aromatic rings. The average Bonchev–Trinajstić information content (AvgIpc) is 2.48. The van der Waals surface area contributed by atoms with Crippen molar-refractivity contribution in [2.45, 2.75) is 58.9 Å². The maximum atomic E-state index is 12.7. The predicted molar refractivity (Wildman–Crippen MR) is 88.4 cm³/mol. The summed E-state index contributed by atoms with van der Waals surface area (Å²) < 4.78 is 0. The lowest BCUT2D eigenvalue weighted by atomic mass is 9.75. The number of para-hydroxylation sites is 1. The number of anilines is 1. The van der Waals surface area contributed by atoms with E-state index >= 15 is 0 Å². The summed E-state index contributed by atoms with van der Waals surface area (Å²) >= 11 is 0. The van der Waals surface area contributed by atoms with E-state index in [4.69, 9.17) is 0 Å². The Labute approximate surface area is 128 Å². The Kier molecular flexibility index (Phi) is 5.40. The van der Waals surface area contributed by atoms with Crippen molar-refractivity contribution in [3.8, 4) is 0 Å². The molecule has 116 valence electrons. The van der Waals surface area contributed by atoms with E-state index in [1.807, 2.05) is 18.2 Å². The maximum Gasteiger partial charge on any atom is 0.230 e. The topological polar surface area (TPSA) is 41.1 Å². The smallest absolute Gasteiger partial charge is 0.230 e. The predicted octanol–water partition coefficient (Wildman–Crippen LogP) is 4.27. The minimum atomic E-state index is -0.202. The van der Waals surface area contributed by atoms with Gasteiger partial charge in [-0.3, -0.25) is 4.79 Å². The van der Waals surface area contributed by atoms with Crippen LogP contribution in [-0.4, -0.2) is 12.5 Å². The minimum Gasteiger partial charge on any atom is -0.325 e. The van der Waals surface area contributed by atoms with Crippen LogP contribution >= 0.6 is 0 Å². The molecule has 0 aromatic heterocycles. The molecule has 1 aliphatic rings. The number of carbonyl (C=O) groups excluding carboxylic acids is 1. The monoisotopic (exact) mass is 288 g/mol. The molecule has 1 aliphatic carbocycles. The fourth-order valence-electron chi connectivity index (χ4n) is 3.24. The Bertz CT molecular complexity index is 478. The second-order valence-corrected chi connectivity index (χ2v) is 6.44. The maximum absolute atomic E-state index is 12.7. The highest BCUT2D eigenvalue weighted by molar-refractivity contribution is 5.95. The number of hydrogen-bond acceptors (Lipinski definition) is 2. The molecular weight excluding hydrogens is 260 g/mol. The molecule has 0 radical (unpaired) electrons. The summed E-state index contributed by atoms with van der Waals surface area (Å²) in [6, 6.07) is 8.35. The van der Waals surface area contributed by atoms with Crippen LogP contribution in [0.15, 0.2) is 24.3 Å². The average molecular weight is 288 g/mol. The van der Waals surface area contributed by atoms with Crippen molar-refractivity contribution in [2.75, 3.05) is 11.9 Å². The molecule has 1 amide bonds. The highest BCUT2D eigenvalue weighted by Gasteiger charge is 2.34. The third kappa shape index (κ3) is 3.85. The van der Waals surface area contributed by atoms with Crippen molar-refractivity contribution in [3.63, 3.8) is 0 Å². The molecule has 0 saturated heterocycles. The van der Waals surface area contributed by atoms with E-state index in [1.54, 1.807) is 0 Å². The number of benzene rings is 1. The minimum absolute atomic E-state index is 0.179. The van der Waals surface area contributed by atoms with Gasteiger partial charge in [-0.15, -0.1) is 0 Å². The molecule has 21 heavy (non-hydrogen) atoms. The first-order valence-electron chi connectivity index (χ1n) is 8.20. The summed E-state index contributed by atoms with van der Waals surface area (Å²) in [5, 5.41) is 6.59. The van der Waals surface area contributed by atoms with Gasteiger partial charge >= 0.3 is 0 Å². The van der Waals surface area contributed by atoms with Gasteiger partial charge in [-0.25, -0.2) is 0 Å². The van der Waals surface area contributed by atoms with E-state index in [1.165, 1.54) is 19.3 Å². The summed E-state index contributed by atoms with van der Waals surface area (Å²) in [5.74, 6) is 0.179. The van der Waals surface area contributed by atoms with Gasteiger partial charge in [-0.1, -0.05) is 51.3 Å². The molecule has 1 unspecified atom stereocenters. The molecule has 3 nitrogen and oxygen atoms in total. The second kappa shape index (κ2) is 7.08.